The average molecular weight is 273 g/mol. The SMILES string of the molecule is CC(C)C(CC(=O)O)NC(=O)NCC(C)(C)C(N)=O. The molecule has 0 fully saturated rings. The van der Waals surface area contributed by atoms with E-state index >= 15 is 0 Å². The van der Waals surface area contributed by atoms with Crippen molar-refractivity contribution < 1.29 is 19.5 Å². The minimum atomic E-state index is -0.975. The van der Waals surface area contributed by atoms with Gasteiger partial charge in [-0.2, -0.15) is 0 Å². The molecule has 19 heavy (non-hydrogen) atoms. The first-order chi connectivity index (χ1) is 8.56. The second-order valence-corrected chi connectivity index (χ2v) is 5.52. The number of amides is 3. The topological polar surface area (TPSA) is 122 Å². The van der Waals surface area contributed by atoms with Gasteiger partial charge >= 0.3 is 12.0 Å². The molecule has 3 amide bonds. The first-order valence-electron chi connectivity index (χ1n) is 6.12. The predicted octanol–water partition coefficient (Wildman–Crippen LogP) is 0.296. The highest BCUT2D eigenvalue weighted by molar-refractivity contribution is 5.81. The summed E-state index contributed by atoms with van der Waals surface area (Å²) in [5.74, 6) is -1.50. The summed E-state index contributed by atoms with van der Waals surface area (Å²) in [5, 5.41) is 13.8. The van der Waals surface area contributed by atoms with Crippen LogP contribution in [0.4, 0.5) is 4.79 Å². The molecule has 7 nitrogen and oxygen atoms in total. The molecule has 0 aromatic rings. The lowest BCUT2D eigenvalue weighted by molar-refractivity contribution is -0.137. The number of aliphatic carboxylic acids is 1. The molecule has 0 heterocycles. The van der Waals surface area contributed by atoms with E-state index < -0.39 is 29.4 Å². The summed E-state index contributed by atoms with van der Waals surface area (Å²) >= 11 is 0. The summed E-state index contributed by atoms with van der Waals surface area (Å²) in [7, 11) is 0. The summed E-state index contributed by atoms with van der Waals surface area (Å²) in [5.41, 5.74) is 4.33. The molecule has 0 aliphatic rings. The van der Waals surface area contributed by atoms with Gasteiger partial charge < -0.3 is 21.5 Å². The number of nitrogens with one attached hydrogen (secondary N) is 2. The Morgan fingerprint density at radius 3 is 2.16 bits per heavy atom. The maximum Gasteiger partial charge on any atom is 0.315 e. The van der Waals surface area contributed by atoms with Gasteiger partial charge in [-0.25, -0.2) is 4.79 Å². The van der Waals surface area contributed by atoms with Crippen molar-refractivity contribution in [2.24, 2.45) is 17.1 Å². The summed E-state index contributed by atoms with van der Waals surface area (Å²) in [4.78, 5) is 33.4. The molecule has 0 bridgehead atoms. The van der Waals surface area contributed by atoms with E-state index in [1.807, 2.05) is 13.8 Å². The van der Waals surface area contributed by atoms with Crippen molar-refractivity contribution in [3.05, 3.63) is 0 Å². The van der Waals surface area contributed by atoms with E-state index in [1.54, 1.807) is 13.8 Å². The average Bonchev–Trinajstić information content (AvgIpc) is 2.24. The molecular weight excluding hydrogens is 250 g/mol. The minimum Gasteiger partial charge on any atom is -0.481 e. The van der Waals surface area contributed by atoms with Gasteiger partial charge in [0.25, 0.3) is 0 Å². The molecule has 1 atom stereocenters. The number of primary amides is 1. The number of carboxylic acids is 1. The molecule has 0 spiro atoms. The summed E-state index contributed by atoms with van der Waals surface area (Å²) in [6, 6.07) is -0.969. The van der Waals surface area contributed by atoms with Gasteiger partial charge in [0.2, 0.25) is 5.91 Å². The monoisotopic (exact) mass is 273 g/mol. The van der Waals surface area contributed by atoms with Crippen molar-refractivity contribution in [2.75, 3.05) is 6.54 Å². The third-order valence-electron chi connectivity index (χ3n) is 2.87. The van der Waals surface area contributed by atoms with Crippen LogP contribution in [0.3, 0.4) is 0 Å². The normalized spacial score (nSPS) is 12.9. The Labute approximate surface area is 112 Å². The summed E-state index contributed by atoms with van der Waals surface area (Å²) < 4.78 is 0. The number of carbonyl (C=O) groups excluding carboxylic acids is 2. The van der Waals surface area contributed by atoms with Crippen LogP contribution in [0.25, 0.3) is 0 Å². The second-order valence-electron chi connectivity index (χ2n) is 5.52. The van der Waals surface area contributed by atoms with E-state index in [9.17, 15) is 14.4 Å². The summed E-state index contributed by atoms with van der Waals surface area (Å²) in [6.07, 6.45) is -0.149. The van der Waals surface area contributed by atoms with E-state index in [0.717, 1.165) is 0 Å². The lowest BCUT2D eigenvalue weighted by atomic mass is 9.93. The zero-order chi connectivity index (χ0) is 15.2. The van der Waals surface area contributed by atoms with Gasteiger partial charge in [0.1, 0.15) is 0 Å². The highest BCUT2D eigenvalue weighted by Gasteiger charge is 2.26. The van der Waals surface area contributed by atoms with Crippen molar-refractivity contribution in [3.8, 4) is 0 Å². The van der Waals surface area contributed by atoms with Crippen molar-refractivity contribution >= 4 is 17.9 Å². The highest BCUT2D eigenvalue weighted by Crippen LogP contribution is 2.12. The van der Waals surface area contributed by atoms with Gasteiger partial charge in [-0.3, -0.25) is 9.59 Å². The van der Waals surface area contributed by atoms with E-state index in [0.29, 0.717) is 0 Å². The van der Waals surface area contributed by atoms with Crippen molar-refractivity contribution in [2.45, 2.75) is 40.2 Å². The molecule has 7 heteroatoms. The quantitative estimate of drug-likeness (QED) is 0.532. The Morgan fingerprint density at radius 2 is 1.79 bits per heavy atom. The van der Waals surface area contributed by atoms with E-state index in [-0.39, 0.29) is 18.9 Å². The molecule has 0 radical (unpaired) electrons. The van der Waals surface area contributed by atoms with Crippen LogP contribution in [-0.4, -0.2) is 35.6 Å². The Hall–Kier alpha value is -1.79. The Balaban J connectivity index is 4.36. The maximum absolute atomic E-state index is 11.6. The maximum atomic E-state index is 11.6. The lowest BCUT2D eigenvalue weighted by Crippen LogP contribution is -2.49. The van der Waals surface area contributed by atoms with Crippen LogP contribution >= 0.6 is 0 Å². The van der Waals surface area contributed by atoms with Crippen LogP contribution in [0.2, 0.25) is 0 Å². The van der Waals surface area contributed by atoms with Gasteiger partial charge in [0, 0.05) is 12.6 Å². The molecule has 0 rings (SSSR count). The number of nitrogens with two attached hydrogens (primary N) is 1. The minimum absolute atomic E-state index is 0.00833. The zero-order valence-electron chi connectivity index (χ0n) is 11.8. The molecule has 0 aromatic carbocycles. The first-order valence-corrected chi connectivity index (χ1v) is 6.12. The Bertz CT molecular complexity index is 353. The number of carboxylic acid groups (broad SMARTS) is 1. The van der Waals surface area contributed by atoms with Crippen LogP contribution in [0.15, 0.2) is 0 Å². The fourth-order valence-corrected chi connectivity index (χ4v) is 1.25. The molecule has 110 valence electrons. The van der Waals surface area contributed by atoms with Gasteiger partial charge in [-0.15, -0.1) is 0 Å². The molecule has 0 aliphatic carbocycles. The predicted molar refractivity (Wildman–Crippen MR) is 70.4 cm³/mol. The zero-order valence-corrected chi connectivity index (χ0v) is 11.8. The summed E-state index contributed by atoms with van der Waals surface area (Å²) in [6.45, 7) is 6.97. The van der Waals surface area contributed by atoms with Crippen LogP contribution in [0.5, 0.6) is 0 Å². The van der Waals surface area contributed by atoms with Crippen LogP contribution in [0.1, 0.15) is 34.1 Å². The van der Waals surface area contributed by atoms with Crippen LogP contribution in [0, 0.1) is 11.3 Å². The van der Waals surface area contributed by atoms with E-state index in [2.05, 4.69) is 10.6 Å². The third-order valence-corrected chi connectivity index (χ3v) is 2.87. The van der Waals surface area contributed by atoms with Crippen molar-refractivity contribution in [1.29, 1.82) is 0 Å². The number of rotatable bonds is 7. The molecule has 1 unspecified atom stereocenters. The van der Waals surface area contributed by atoms with Crippen molar-refractivity contribution in [1.82, 2.24) is 10.6 Å². The number of hydrogen-bond donors (Lipinski definition) is 4. The van der Waals surface area contributed by atoms with E-state index in [4.69, 9.17) is 10.8 Å². The highest BCUT2D eigenvalue weighted by atomic mass is 16.4. The Morgan fingerprint density at radius 1 is 1.26 bits per heavy atom. The molecule has 0 aliphatic heterocycles. The van der Waals surface area contributed by atoms with Gasteiger partial charge in [-0.05, 0) is 19.8 Å². The molecule has 0 aromatic heterocycles. The molecule has 0 saturated carbocycles. The second kappa shape index (κ2) is 6.96. The number of urea groups is 1. The molecular formula is C12H23N3O4. The number of carbonyl (C=O) groups is 3. The van der Waals surface area contributed by atoms with Gasteiger partial charge in [0.15, 0.2) is 0 Å². The van der Waals surface area contributed by atoms with Gasteiger partial charge in [-0.1, -0.05) is 13.8 Å². The smallest absolute Gasteiger partial charge is 0.315 e. The van der Waals surface area contributed by atoms with E-state index in [1.165, 1.54) is 0 Å². The Kier molecular flexibility index (Phi) is 6.31. The molecule has 0 saturated heterocycles. The van der Waals surface area contributed by atoms with Crippen LogP contribution in [-0.2, 0) is 9.59 Å². The first kappa shape index (κ1) is 17.2. The standard InChI is InChI=1S/C12H23N3O4/c1-7(2)8(5-9(16)17)15-11(19)14-6-12(3,4)10(13)18/h7-8H,5-6H2,1-4H3,(H2,13,18)(H,16,17)(H2,14,15,19). The van der Waals surface area contributed by atoms with Crippen molar-refractivity contribution in [3.63, 3.8) is 0 Å². The number of hydrogen-bond acceptors (Lipinski definition) is 3. The largest absolute Gasteiger partial charge is 0.481 e. The molecule has 5 N–H and O–H groups in total. The van der Waals surface area contributed by atoms with Gasteiger partial charge in [0.05, 0.1) is 11.8 Å². The van der Waals surface area contributed by atoms with Crippen LogP contribution < -0.4 is 16.4 Å². The lowest BCUT2D eigenvalue weighted by Gasteiger charge is -2.24. The fraction of sp³-hybridized carbons (Fsp3) is 0.750. The third kappa shape index (κ3) is 6.64. The fourth-order valence-electron chi connectivity index (χ4n) is 1.25.